The third-order valence-electron chi connectivity index (χ3n) is 2.13. The van der Waals surface area contributed by atoms with Crippen LogP contribution in [0.4, 0.5) is 4.39 Å². The van der Waals surface area contributed by atoms with Crippen LogP contribution in [-0.2, 0) is 7.05 Å². The molecule has 0 spiro atoms. The van der Waals surface area contributed by atoms with Crippen LogP contribution in [-0.4, -0.2) is 20.8 Å². The van der Waals surface area contributed by atoms with Crippen molar-refractivity contribution in [3.05, 3.63) is 46.5 Å². The van der Waals surface area contributed by atoms with Crippen molar-refractivity contribution >= 4 is 17.4 Å². The van der Waals surface area contributed by atoms with Crippen LogP contribution >= 0.6 is 11.6 Å². The summed E-state index contributed by atoms with van der Waals surface area (Å²) in [7, 11) is 1.59. The molecule has 0 bridgehead atoms. The molecule has 4 nitrogen and oxygen atoms in total. The molecule has 0 aliphatic carbocycles. The second-order valence-corrected chi connectivity index (χ2v) is 3.61. The van der Waals surface area contributed by atoms with Gasteiger partial charge < -0.3 is 0 Å². The van der Waals surface area contributed by atoms with E-state index in [1.165, 1.54) is 23.0 Å². The smallest absolute Gasteiger partial charge is 0.212 e. The summed E-state index contributed by atoms with van der Waals surface area (Å²) in [5, 5.41) is 7.20. The number of ketones is 1. The van der Waals surface area contributed by atoms with Gasteiger partial charge in [0.25, 0.3) is 0 Å². The topological polar surface area (TPSA) is 47.8 Å². The van der Waals surface area contributed by atoms with Crippen molar-refractivity contribution in [3.63, 3.8) is 0 Å². The average molecular weight is 240 g/mol. The number of hydrogen-bond acceptors (Lipinski definition) is 3. The fourth-order valence-electron chi connectivity index (χ4n) is 1.28. The van der Waals surface area contributed by atoms with Crippen LogP contribution in [0.25, 0.3) is 0 Å². The van der Waals surface area contributed by atoms with Crippen molar-refractivity contribution in [1.82, 2.24) is 15.0 Å². The Hall–Kier alpha value is -1.75. The highest BCUT2D eigenvalue weighted by Crippen LogP contribution is 2.17. The van der Waals surface area contributed by atoms with E-state index in [1.807, 2.05) is 0 Å². The minimum absolute atomic E-state index is 0.0142. The first-order chi connectivity index (χ1) is 7.59. The molecule has 0 saturated carbocycles. The molecule has 1 aromatic carbocycles. The van der Waals surface area contributed by atoms with Gasteiger partial charge in [0.2, 0.25) is 5.78 Å². The number of halogens is 2. The molecule has 0 aliphatic rings. The van der Waals surface area contributed by atoms with Gasteiger partial charge in [0.1, 0.15) is 11.5 Å². The van der Waals surface area contributed by atoms with E-state index in [1.54, 1.807) is 7.05 Å². The van der Waals surface area contributed by atoms with Crippen LogP contribution in [0.5, 0.6) is 0 Å². The average Bonchev–Trinajstić information content (AvgIpc) is 2.67. The summed E-state index contributed by atoms with van der Waals surface area (Å²) in [4.78, 5) is 11.9. The largest absolute Gasteiger partial charge is 0.287 e. The van der Waals surface area contributed by atoms with Gasteiger partial charge in [-0.25, -0.2) is 9.07 Å². The Bertz CT molecular complexity index is 553. The summed E-state index contributed by atoms with van der Waals surface area (Å²) >= 11 is 5.53. The number of benzene rings is 1. The standard InChI is InChI=1S/C10H7ClFN3O/c1-15-9(5-13-14-15)10(16)6-2-3-7(11)8(12)4-6/h2-5H,1H3. The quantitative estimate of drug-likeness (QED) is 0.752. The molecule has 2 rings (SSSR count). The number of hydrogen-bond donors (Lipinski definition) is 0. The van der Waals surface area contributed by atoms with E-state index in [2.05, 4.69) is 10.3 Å². The molecule has 0 fully saturated rings. The Balaban J connectivity index is 2.42. The zero-order valence-corrected chi connectivity index (χ0v) is 9.07. The molecule has 0 atom stereocenters. The fraction of sp³-hybridized carbons (Fsp3) is 0.100. The maximum absolute atomic E-state index is 13.2. The van der Waals surface area contributed by atoms with Crippen molar-refractivity contribution < 1.29 is 9.18 Å². The van der Waals surface area contributed by atoms with Crippen LogP contribution in [0.15, 0.2) is 24.4 Å². The third kappa shape index (κ3) is 1.81. The van der Waals surface area contributed by atoms with E-state index < -0.39 is 5.82 Å². The summed E-state index contributed by atoms with van der Waals surface area (Å²) in [6.45, 7) is 0. The molecule has 1 aromatic heterocycles. The van der Waals surface area contributed by atoms with Crippen LogP contribution in [0, 0.1) is 5.82 Å². The van der Waals surface area contributed by atoms with Crippen LogP contribution in [0.2, 0.25) is 5.02 Å². The minimum atomic E-state index is -0.623. The summed E-state index contributed by atoms with van der Waals surface area (Å²) in [5.74, 6) is -0.967. The number of aryl methyl sites for hydroxylation is 1. The van der Waals surface area contributed by atoms with Gasteiger partial charge in [0.15, 0.2) is 0 Å². The summed E-state index contributed by atoms with van der Waals surface area (Å²) in [6.07, 6.45) is 1.33. The first kappa shape index (κ1) is 10.8. The van der Waals surface area contributed by atoms with E-state index >= 15 is 0 Å². The van der Waals surface area contributed by atoms with E-state index in [9.17, 15) is 9.18 Å². The Labute approximate surface area is 95.6 Å². The van der Waals surface area contributed by atoms with Gasteiger partial charge >= 0.3 is 0 Å². The van der Waals surface area contributed by atoms with Crippen molar-refractivity contribution in [1.29, 1.82) is 0 Å². The Morgan fingerprint density at radius 2 is 2.25 bits per heavy atom. The van der Waals surface area contributed by atoms with Gasteiger partial charge in [-0.1, -0.05) is 16.8 Å². The predicted octanol–water partition coefficient (Wildman–Crippen LogP) is 1.84. The molecule has 1 heterocycles. The fourth-order valence-corrected chi connectivity index (χ4v) is 1.40. The van der Waals surface area contributed by atoms with E-state index in [0.717, 1.165) is 6.07 Å². The van der Waals surface area contributed by atoms with Gasteiger partial charge in [0.05, 0.1) is 11.2 Å². The monoisotopic (exact) mass is 239 g/mol. The molecular weight excluding hydrogens is 233 g/mol. The van der Waals surface area contributed by atoms with E-state index in [-0.39, 0.29) is 16.4 Å². The molecule has 82 valence electrons. The van der Waals surface area contributed by atoms with Crippen molar-refractivity contribution in [2.75, 3.05) is 0 Å². The first-order valence-electron chi connectivity index (χ1n) is 4.44. The lowest BCUT2D eigenvalue weighted by Crippen LogP contribution is -2.08. The van der Waals surface area contributed by atoms with Crippen molar-refractivity contribution in [3.8, 4) is 0 Å². The van der Waals surface area contributed by atoms with Crippen LogP contribution in [0.3, 0.4) is 0 Å². The van der Waals surface area contributed by atoms with Gasteiger partial charge in [-0.2, -0.15) is 0 Å². The SMILES string of the molecule is Cn1nncc1C(=O)c1ccc(Cl)c(F)c1. The lowest BCUT2D eigenvalue weighted by molar-refractivity contribution is 0.103. The predicted molar refractivity (Wildman–Crippen MR) is 55.8 cm³/mol. The molecule has 6 heteroatoms. The van der Waals surface area contributed by atoms with Crippen molar-refractivity contribution in [2.24, 2.45) is 7.05 Å². The van der Waals surface area contributed by atoms with Crippen LogP contribution in [0.1, 0.15) is 16.1 Å². The Kier molecular flexibility index (Phi) is 2.70. The third-order valence-corrected chi connectivity index (χ3v) is 2.44. The van der Waals surface area contributed by atoms with E-state index in [4.69, 9.17) is 11.6 Å². The maximum Gasteiger partial charge on any atom is 0.212 e. The first-order valence-corrected chi connectivity index (χ1v) is 4.82. The second kappa shape index (κ2) is 4.02. The lowest BCUT2D eigenvalue weighted by Gasteiger charge is -2.01. The molecule has 16 heavy (non-hydrogen) atoms. The molecule has 0 unspecified atom stereocenters. The molecular formula is C10H7ClFN3O. The second-order valence-electron chi connectivity index (χ2n) is 3.20. The molecule has 0 amide bonds. The number of aromatic nitrogens is 3. The van der Waals surface area contributed by atoms with Crippen LogP contribution < -0.4 is 0 Å². The zero-order valence-electron chi connectivity index (χ0n) is 8.32. The Morgan fingerprint density at radius 3 is 2.81 bits per heavy atom. The van der Waals surface area contributed by atoms with E-state index in [0.29, 0.717) is 5.69 Å². The lowest BCUT2D eigenvalue weighted by atomic mass is 10.1. The summed E-state index contributed by atoms with van der Waals surface area (Å²) in [5.41, 5.74) is 0.508. The molecule has 2 aromatic rings. The minimum Gasteiger partial charge on any atom is -0.287 e. The molecule has 0 N–H and O–H groups in total. The maximum atomic E-state index is 13.2. The van der Waals surface area contributed by atoms with Crippen molar-refractivity contribution in [2.45, 2.75) is 0 Å². The van der Waals surface area contributed by atoms with Gasteiger partial charge in [0, 0.05) is 12.6 Å². The summed E-state index contributed by atoms with van der Waals surface area (Å²) in [6, 6.07) is 3.90. The number of carbonyl (C=O) groups is 1. The highest BCUT2D eigenvalue weighted by molar-refractivity contribution is 6.30. The van der Waals surface area contributed by atoms with Gasteiger partial charge in [-0.3, -0.25) is 4.79 Å². The number of carbonyl (C=O) groups excluding carboxylic acids is 1. The normalized spacial score (nSPS) is 10.4. The molecule has 0 radical (unpaired) electrons. The Morgan fingerprint density at radius 1 is 1.50 bits per heavy atom. The van der Waals surface area contributed by atoms with Gasteiger partial charge in [-0.05, 0) is 18.2 Å². The highest BCUT2D eigenvalue weighted by atomic mass is 35.5. The number of rotatable bonds is 2. The number of nitrogens with zero attached hydrogens (tertiary/aromatic N) is 3. The molecule has 0 saturated heterocycles. The molecule has 0 aliphatic heterocycles. The van der Waals surface area contributed by atoms with Gasteiger partial charge in [-0.15, -0.1) is 5.10 Å². The zero-order chi connectivity index (χ0) is 11.7. The highest BCUT2D eigenvalue weighted by Gasteiger charge is 2.14. The summed E-state index contributed by atoms with van der Waals surface area (Å²) < 4.78 is 14.5.